The van der Waals surface area contributed by atoms with Crippen LogP contribution in [0.1, 0.15) is 23.1 Å². The maximum atomic E-state index is 6.34. The lowest BCUT2D eigenvalue weighted by molar-refractivity contribution is 0.285. The number of hydrogen-bond donors (Lipinski definition) is 0. The minimum atomic E-state index is 0.698. The molecule has 0 aliphatic carbocycles. The van der Waals surface area contributed by atoms with Crippen molar-refractivity contribution in [1.29, 1.82) is 0 Å². The lowest BCUT2D eigenvalue weighted by Gasteiger charge is -2.17. The molecule has 1 aromatic heterocycles. The monoisotopic (exact) mass is 348 g/mol. The number of aromatic nitrogens is 1. The zero-order valence-corrected chi connectivity index (χ0v) is 16.5. The van der Waals surface area contributed by atoms with Crippen molar-refractivity contribution >= 4 is 10.9 Å². The fraction of sp³-hybridized carbons (Fsp3) is 0.348. The number of nitrogens with zero attached hydrogens (tertiary/aromatic N) is 2. The van der Waals surface area contributed by atoms with Crippen molar-refractivity contribution in [2.24, 2.45) is 0 Å². The van der Waals surface area contributed by atoms with Crippen LogP contribution in [-0.2, 0) is 0 Å². The molecule has 0 N–H and O–H groups in total. The van der Waals surface area contributed by atoms with Crippen LogP contribution in [0.5, 0.6) is 5.75 Å². The maximum Gasteiger partial charge on any atom is 0.138 e. The van der Waals surface area contributed by atoms with Crippen molar-refractivity contribution in [3.63, 3.8) is 0 Å². The first-order chi connectivity index (χ1) is 12.5. The SMILES string of the molecule is Cc1ccc(-c2cnc3cc(C)cc(C)c3c2OCCCN(C)C)cc1. The first kappa shape index (κ1) is 18.4. The van der Waals surface area contributed by atoms with Crippen molar-refractivity contribution in [2.75, 3.05) is 27.2 Å². The smallest absolute Gasteiger partial charge is 0.138 e. The number of rotatable bonds is 6. The lowest BCUT2D eigenvalue weighted by atomic mass is 9.99. The number of ether oxygens (including phenoxy) is 1. The summed E-state index contributed by atoms with van der Waals surface area (Å²) in [5.41, 5.74) is 6.90. The van der Waals surface area contributed by atoms with Crippen molar-refractivity contribution in [3.8, 4) is 16.9 Å². The third kappa shape index (κ3) is 4.05. The summed E-state index contributed by atoms with van der Waals surface area (Å²) < 4.78 is 6.34. The summed E-state index contributed by atoms with van der Waals surface area (Å²) in [6, 6.07) is 12.9. The normalized spacial score (nSPS) is 11.3. The van der Waals surface area contributed by atoms with E-state index >= 15 is 0 Å². The van der Waals surface area contributed by atoms with Gasteiger partial charge in [0.05, 0.1) is 12.1 Å². The Morgan fingerprint density at radius 2 is 1.69 bits per heavy atom. The van der Waals surface area contributed by atoms with Gasteiger partial charge in [-0.2, -0.15) is 0 Å². The van der Waals surface area contributed by atoms with Gasteiger partial charge in [-0.25, -0.2) is 0 Å². The molecule has 0 radical (unpaired) electrons. The average molecular weight is 348 g/mol. The van der Waals surface area contributed by atoms with Gasteiger partial charge in [0.15, 0.2) is 0 Å². The highest BCUT2D eigenvalue weighted by molar-refractivity contribution is 5.94. The molecule has 0 saturated heterocycles. The molecule has 0 aliphatic heterocycles. The van der Waals surface area contributed by atoms with Gasteiger partial charge in [-0.05, 0) is 64.0 Å². The number of aryl methyl sites for hydroxylation is 3. The molecule has 2 aromatic carbocycles. The summed E-state index contributed by atoms with van der Waals surface area (Å²) in [6.45, 7) is 8.07. The number of fused-ring (bicyclic) bond motifs is 1. The number of pyridine rings is 1. The summed E-state index contributed by atoms with van der Waals surface area (Å²) in [4.78, 5) is 6.91. The van der Waals surface area contributed by atoms with E-state index in [2.05, 4.69) is 76.2 Å². The number of benzene rings is 2. The Kier molecular flexibility index (Phi) is 5.58. The van der Waals surface area contributed by atoms with E-state index in [1.165, 1.54) is 16.7 Å². The Morgan fingerprint density at radius 1 is 0.962 bits per heavy atom. The van der Waals surface area contributed by atoms with Gasteiger partial charge in [-0.15, -0.1) is 0 Å². The van der Waals surface area contributed by atoms with Crippen LogP contribution in [0.15, 0.2) is 42.6 Å². The van der Waals surface area contributed by atoms with Gasteiger partial charge in [-0.1, -0.05) is 35.9 Å². The van der Waals surface area contributed by atoms with Gasteiger partial charge in [0, 0.05) is 23.7 Å². The van der Waals surface area contributed by atoms with Gasteiger partial charge in [-0.3, -0.25) is 4.98 Å². The molecule has 0 bridgehead atoms. The first-order valence-corrected chi connectivity index (χ1v) is 9.20. The van der Waals surface area contributed by atoms with E-state index in [9.17, 15) is 0 Å². The minimum Gasteiger partial charge on any atom is -0.492 e. The molecule has 26 heavy (non-hydrogen) atoms. The predicted octanol–water partition coefficient (Wildman–Crippen LogP) is 5.16. The second-order valence-corrected chi connectivity index (χ2v) is 7.35. The van der Waals surface area contributed by atoms with E-state index in [4.69, 9.17) is 9.72 Å². The largest absolute Gasteiger partial charge is 0.492 e. The molecular formula is C23H28N2O. The highest BCUT2D eigenvalue weighted by Crippen LogP contribution is 2.38. The third-order valence-corrected chi connectivity index (χ3v) is 4.62. The van der Waals surface area contributed by atoms with E-state index < -0.39 is 0 Å². The summed E-state index contributed by atoms with van der Waals surface area (Å²) in [7, 11) is 4.18. The second kappa shape index (κ2) is 7.88. The van der Waals surface area contributed by atoms with Gasteiger partial charge in [0.2, 0.25) is 0 Å². The zero-order valence-electron chi connectivity index (χ0n) is 16.5. The van der Waals surface area contributed by atoms with E-state index in [1.807, 2.05) is 6.20 Å². The van der Waals surface area contributed by atoms with E-state index in [0.29, 0.717) is 6.61 Å². The van der Waals surface area contributed by atoms with Crippen LogP contribution in [0, 0.1) is 20.8 Å². The van der Waals surface area contributed by atoms with Crippen LogP contribution in [0.2, 0.25) is 0 Å². The predicted molar refractivity (Wildman–Crippen MR) is 110 cm³/mol. The Morgan fingerprint density at radius 3 is 2.38 bits per heavy atom. The van der Waals surface area contributed by atoms with Crippen LogP contribution in [0.4, 0.5) is 0 Å². The molecule has 0 unspecified atom stereocenters. The van der Waals surface area contributed by atoms with Crippen LogP contribution in [0.3, 0.4) is 0 Å². The molecule has 0 atom stereocenters. The Labute approximate surface area is 156 Å². The van der Waals surface area contributed by atoms with Crippen LogP contribution in [0.25, 0.3) is 22.0 Å². The minimum absolute atomic E-state index is 0.698. The average Bonchev–Trinajstić information content (AvgIpc) is 2.59. The molecule has 0 fully saturated rings. The Balaban J connectivity index is 2.08. The van der Waals surface area contributed by atoms with E-state index in [0.717, 1.165) is 40.7 Å². The molecule has 3 aromatic rings. The summed E-state index contributed by atoms with van der Waals surface area (Å²) in [5.74, 6) is 0.954. The topological polar surface area (TPSA) is 25.4 Å². The van der Waals surface area contributed by atoms with Gasteiger partial charge >= 0.3 is 0 Å². The van der Waals surface area contributed by atoms with Crippen LogP contribution in [-0.4, -0.2) is 37.1 Å². The third-order valence-electron chi connectivity index (χ3n) is 4.62. The summed E-state index contributed by atoms with van der Waals surface area (Å²) in [5, 5.41) is 1.12. The summed E-state index contributed by atoms with van der Waals surface area (Å²) >= 11 is 0. The van der Waals surface area contributed by atoms with Gasteiger partial charge in [0.25, 0.3) is 0 Å². The van der Waals surface area contributed by atoms with E-state index in [-0.39, 0.29) is 0 Å². The van der Waals surface area contributed by atoms with Crippen molar-refractivity contribution < 1.29 is 4.74 Å². The molecule has 136 valence electrons. The first-order valence-electron chi connectivity index (χ1n) is 9.20. The fourth-order valence-corrected chi connectivity index (χ4v) is 3.31. The quantitative estimate of drug-likeness (QED) is 0.576. The lowest BCUT2D eigenvalue weighted by Crippen LogP contribution is -2.15. The van der Waals surface area contributed by atoms with Crippen molar-refractivity contribution in [1.82, 2.24) is 9.88 Å². The molecule has 0 aliphatic rings. The standard InChI is InChI=1S/C23H28N2O/c1-16-7-9-19(10-8-16)20-15-24-21-14-17(2)13-18(3)22(21)23(20)26-12-6-11-25(4)5/h7-10,13-15H,6,11-12H2,1-5H3. The van der Waals surface area contributed by atoms with Crippen molar-refractivity contribution in [3.05, 3.63) is 59.3 Å². The van der Waals surface area contributed by atoms with Crippen LogP contribution < -0.4 is 4.74 Å². The molecule has 1 heterocycles. The summed E-state index contributed by atoms with van der Waals surface area (Å²) in [6.07, 6.45) is 2.95. The van der Waals surface area contributed by atoms with E-state index in [1.54, 1.807) is 0 Å². The molecule has 3 heteroatoms. The van der Waals surface area contributed by atoms with Crippen molar-refractivity contribution in [2.45, 2.75) is 27.2 Å². The molecule has 0 amide bonds. The van der Waals surface area contributed by atoms with Crippen LogP contribution >= 0.6 is 0 Å². The highest BCUT2D eigenvalue weighted by atomic mass is 16.5. The zero-order chi connectivity index (χ0) is 18.7. The molecule has 0 spiro atoms. The Hall–Kier alpha value is -2.39. The molecular weight excluding hydrogens is 320 g/mol. The second-order valence-electron chi connectivity index (χ2n) is 7.35. The molecule has 0 saturated carbocycles. The molecule has 3 rings (SSSR count). The van der Waals surface area contributed by atoms with Gasteiger partial charge in [0.1, 0.15) is 5.75 Å². The molecule has 3 nitrogen and oxygen atoms in total. The maximum absolute atomic E-state index is 6.34. The fourth-order valence-electron chi connectivity index (χ4n) is 3.31. The van der Waals surface area contributed by atoms with Gasteiger partial charge < -0.3 is 9.64 Å². The Bertz CT molecular complexity index is 898. The number of hydrogen-bond acceptors (Lipinski definition) is 3. The highest BCUT2D eigenvalue weighted by Gasteiger charge is 2.15.